The lowest BCUT2D eigenvalue weighted by molar-refractivity contribution is 0.343. The number of para-hydroxylation sites is 2. The Morgan fingerprint density at radius 3 is 2.24 bits per heavy atom. The van der Waals surface area contributed by atoms with E-state index < -0.39 is 5.41 Å². The maximum Gasteiger partial charge on any atom is 0.188 e. The molecule has 0 fully saturated rings. The van der Waals surface area contributed by atoms with Crippen LogP contribution in [0.15, 0.2) is 155 Å². The van der Waals surface area contributed by atoms with E-state index in [1.807, 2.05) is 42.5 Å². The Balaban J connectivity index is 1.24. The van der Waals surface area contributed by atoms with E-state index >= 15 is 0 Å². The highest BCUT2D eigenvalue weighted by molar-refractivity contribution is 8.08. The summed E-state index contributed by atoms with van der Waals surface area (Å²) in [5.41, 5.74) is 10.7. The molecule has 6 aromatic carbocycles. The van der Waals surface area contributed by atoms with Crippen molar-refractivity contribution in [2.75, 3.05) is 0 Å². The van der Waals surface area contributed by atoms with E-state index in [1.165, 1.54) is 0 Å². The fourth-order valence-corrected chi connectivity index (χ4v) is 8.74. The summed E-state index contributed by atoms with van der Waals surface area (Å²) in [4.78, 5) is 6.05. The van der Waals surface area contributed by atoms with Gasteiger partial charge in [-0.3, -0.25) is 0 Å². The van der Waals surface area contributed by atoms with Crippen LogP contribution >= 0.6 is 11.8 Å². The summed E-state index contributed by atoms with van der Waals surface area (Å²) in [6, 6.07) is 48.4. The van der Waals surface area contributed by atoms with Gasteiger partial charge in [0.2, 0.25) is 0 Å². The Morgan fingerprint density at radius 1 is 0.609 bits per heavy atom. The van der Waals surface area contributed by atoms with Crippen molar-refractivity contribution in [1.29, 1.82) is 0 Å². The van der Waals surface area contributed by atoms with E-state index in [0.717, 1.165) is 88.1 Å². The zero-order chi connectivity index (χ0) is 30.4. The summed E-state index contributed by atoms with van der Waals surface area (Å²) in [5, 5.41) is 1.10. The van der Waals surface area contributed by atoms with Gasteiger partial charge in [-0.2, -0.15) is 0 Å². The van der Waals surface area contributed by atoms with Gasteiger partial charge in [0.15, 0.2) is 5.69 Å². The Morgan fingerprint density at radius 2 is 1.35 bits per heavy atom. The topological polar surface area (TPSA) is 26.7 Å². The minimum absolute atomic E-state index is 0.623. The van der Waals surface area contributed by atoms with Crippen LogP contribution in [-0.2, 0) is 5.41 Å². The highest BCUT2D eigenvalue weighted by Crippen LogP contribution is 2.67. The third-order valence-electron chi connectivity index (χ3n) is 9.52. The lowest BCUT2D eigenvalue weighted by atomic mass is 9.76. The molecule has 1 aromatic heterocycles. The first kappa shape index (κ1) is 25.6. The van der Waals surface area contributed by atoms with Gasteiger partial charge in [-0.25, -0.2) is 4.85 Å². The molecule has 0 amide bonds. The molecule has 1 atom stereocenters. The van der Waals surface area contributed by atoms with Crippen molar-refractivity contribution in [3.8, 4) is 39.1 Å². The molecule has 0 N–H and O–H groups in total. The average molecular weight is 606 g/mol. The largest absolute Gasteiger partial charge is 0.459 e. The van der Waals surface area contributed by atoms with Crippen molar-refractivity contribution in [3.63, 3.8) is 0 Å². The first-order valence-corrected chi connectivity index (χ1v) is 16.1. The molecule has 2 heterocycles. The zero-order valence-electron chi connectivity index (χ0n) is 24.5. The fourth-order valence-electron chi connectivity index (χ4n) is 7.57. The zero-order valence-corrected chi connectivity index (χ0v) is 25.3. The number of hydrogen-bond acceptors (Lipinski definition) is 3. The van der Waals surface area contributed by atoms with Crippen LogP contribution < -0.4 is 4.74 Å². The molecule has 1 aliphatic heterocycles. The Bertz CT molecular complexity index is 2500. The van der Waals surface area contributed by atoms with Gasteiger partial charge in [0.25, 0.3) is 0 Å². The quantitative estimate of drug-likeness (QED) is 0.183. The molecule has 46 heavy (non-hydrogen) atoms. The Kier molecular flexibility index (Phi) is 5.21. The number of hydrogen-bond donors (Lipinski definition) is 0. The molecule has 3 nitrogen and oxygen atoms in total. The van der Waals surface area contributed by atoms with Gasteiger partial charge < -0.3 is 9.15 Å². The van der Waals surface area contributed by atoms with E-state index in [9.17, 15) is 0 Å². The maximum atomic E-state index is 7.84. The summed E-state index contributed by atoms with van der Waals surface area (Å²) >= 11 is 1.77. The molecule has 0 saturated heterocycles. The lowest BCUT2D eigenvalue weighted by Gasteiger charge is -2.31. The smallest absolute Gasteiger partial charge is 0.188 e. The highest BCUT2D eigenvalue weighted by atomic mass is 32.2. The number of fused-ring (bicyclic) bond motifs is 12. The summed E-state index contributed by atoms with van der Waals surface area (Å²) < 4.78 is 13.9. The second-order valence-corrected chi connectivity index (χ2v) is 13.0. The molecule has 4 heteroatoms. The standard InChI is InChI=1S/C42H23NO2S/c1-43-29-22-27(25-11-3-2-4-12-25)21-28(23-29)26-19-20-34-32(24-26)30-13-5-7-15-33(30)42(34)40-38(31-14-6-8-16-35(31)44-40)39-41(42)45-36-17-9-10-18-37(36)46-39/h2-24H. The van der Waals surface area contributed by atoms with Crippen LogP contribution in [0.1, 0.15) is 22.5 Å². The van der Waals surface area contributed by atoms with E-state index in [4.69, 9.17) is 15.7 Å². The molecule has 0 bridgehead atoms. The molecular weight excluding hydrogens is 583 g/mol. The minimum atomic E-state index is -0.734. The molecule has 1 unspecified atom stereocenters. The number of ether oxygens (including phenoxy) is 1. The van der Waals surface area contributed by atoms with Crippen LogP contribution in [0.5, 0.6) is 5.75 Å². The predicted molar refractivity (Wildman–Crippen MR) is 185 cm³/mol. The van der Waals surface area contributed by atoms with E-state index in [-0.39, 0.29) is 0 Å². The average Bonchev–Trinajstić information content (AvgIpc) is 3.74. The number of rotatable bonds is 2. The SMILES string of the molecule is [C-]#[N+]c1cc(-c2ccccc2)cc(-c2ccc3c(c2)-c2ccccc2C32C3=C(Sc4ccccc4O3)c3c2oc2ccccc32)c1. The Labute approximate surface area is 270 Å². The van der Waals surface area contributed by atoms with Gasteiger partial charge in [-0.1, -0.05) is 109 Å². The molecule has 3 aliphatic rings. The van der Waals surface area contributed by atoms with E-state index in [2.05, 4.69) is 102 Å². The van der Waals surface area contributed by atoms with Gasteiger partial charge in [0, 0.05) is 10.9 Å². The third-order valence-corrected chi connectivity index (χ3v) is 10.7. The monoisotopic (exact) mass is 605 g/mol. The van der Waals surface area contributed by atoms with Gasteiger partial charge >= 0.3 is 0 Å². The number of benzene rings is 6. The van der Waals surface area contributed by atoms with E-state index in [1.54, 1.807) is 11.8 Å². The predicted octanol–water partition coefficient (Wildman–Crippen LogP) is 11.5. The van der Waals surface area contributed by atoms with Crippen LogP contribution in [0.25, 0.3) is 54.1 Å². The van der Waals surface area contributed by atoms with Crippen LogP contribution in [-0.4, -0.2) is 0 Å². The molecule has 7 aromatic rings. The highest BCUT2D eigenvalue weighted by Gasteiger charge is 2.59. The minimum Gasteiger partial charge on any atom is -0.459 e. The van der Waals surface area contributed by atoms with Crippen LogP contribution in [0, 0.1) is 6.57 Å². The van der Waals surface area contributed by atoms with Gasteiger partial charge in [0.1, 0.15) is 28.3 Å². The van der Waals surface area contributed by atoms with Gasteiger partial charge in [-0.05, 0) is 87.0 Å². The summed E-state index contributed by atoms with van der Waals surface area (Å²) in [7, 11) is 0. The molecule has 0 saturated carbocycles. The molecule has 214 valence electrons. The molecule has 2 aliphatic carbocycles. The number of furan rings is 1. The van der Waals surface area contributed by atoms with Gasteiger partial charge in [-0.15, -0.1) is 0 Å². The van der Waals surface area contributed by atoms with Crippen molar-refractivity contribution in [2.45, 2.75) is 10.3 Å². The van der Waals surface area contributed by atoms with Crippen molar-refractivity contribution in [3.05, 3.63) is 179 Å². The second-order valence-electron chi connectivity index (χ2n) is 11.9. The molecule has 10 rings (SSSR count). The Hall–Kier alpha value is -5.76. The summed E-state index contributed by atoms with van der Waals surface area (Å²) in [6.45, 7) is 7.84. The second kappa shape index (κ2) is 9.37. The van der Waals surface area contributed by atoms with E-state index in [0.29, 0.717) is 5.69 Å². The fraction of sp³-hybridized carbons (Fsp3) is 0.0238. The van der Waals surface area contributed by atoms with Crippen molar-refractivity contribution >= 4 is 33.3 Å². The van der Waals surface area contributed by atoms with Crippen LogP contribution in [0.3, 0.4) is 0 Å². The van der Waals surface area contributed by atoms with Crippen molar-refractivity contribution in [1.82, 2.24) is 0 Å². The number of allylic oxidation sites excluding steroid dienone is 1. The molecular formula is C42H23NO2S. The first-order chi connectivity index (χ1) is 22.7. The summed E-state index contributed by atoms with van der Waals surface area (Å²) in [6.07, 6.45) is 0. The lowest BCUT2D eigenvalue weighted by Crippen LogP contribution is -2.30. The maximum absolute atomic E-state index is 7.84. The number of nitrogens with zero attached hydrogens (tertiary/aromatic N) is 1. The molecule has 1 spiro atoms. The van der Waals surface area contributed by atoms with Crippen molar-refractivity contribution in [2.24, 2.45) is 0 Å². The summed E-state index contributed by atoms with van der Waals surface area (Å²) in [5.74, 6) is 2.70. The van der Waals surface area contributed by atoms with Gasteiger partial charge in [0.05, 0.1) is 16.4 Å². The molecule has 0 radical (unpaired) electrons. The van der Waals surface area contributed by atoms with Crippen LogP contribution in [0.2, 0.25) is 0 Å². The van der Waals surface area contributed by atoms with Crippen LogP contribution in [0.4, 0.5) is 5.69 Å². The normalized spacial score (nSPS) is 16.8. The third kappa shape index (κ3) is 3.33. The van der Waals surface area contributed by atoms with Crippen molar-refractivity contribution < 1.29 is 9.15 Å². The number of thioether (sulfide) groups is 1. The first-order valence-electron chi connectivity index (χ1n) is 15.3.